The zero-order valence-electron chi connectivity index (χ0n) is 8.81. The maximum atomic E-state index is 11.6. The van der Waals surface area contributed by atoms with Crippen LogP contribution in [-0.2, 0) is 4.79 Å². The Morgan fingerprint density at radius 1 is 1.33 bits per heavy atom. The lowest BCUT2D eigenvalue weighted by Gasteiger charge is -2.19. The molecule has 0 bridgehead atoms. The van der Waals surface area contributed by atoms with Crippen molar-refractivity contribution in [2.24, 2.45) is 0 Å². The Bertz CT molecular complexity index is 336. The van der Waals surface area contributed by atoms with Gasteiger partial charge in [-0.25, -0.2) is 4.79 Å². The van der Waals surface area contributed by atoms with Crippen molar-refractivity contribution in [1.82, 2.24) is 4.90 Å². The molecule has 80 valence electrons. The van der Waals surface area contributed by atoms with Gasteiger partial charge in [-0.15, -0.1) is 0 Å². The first-order valence-electron chi connectivity index (χ1n) is 4.75. The van der Waals surface area contributed by atoms with Gasteiger partial charge in [-0.3, -0.25) is 9.69 Å². The van der Waals surface area contributed by atoms with Crippen molar-refractivity contribution in [3.63, 3.8) is 0 Å². The lowest BCUT2D eigenvalue weighted by atomic mass is 10.3. The molecule has 0 spiro atoms. The Labute approximate surface area is 88.9 Å². The van der Waals surface area contributed by atoms with Gasteiger partial charge in [-0.1, -0.05) is 18.2 Å². The third-order valence-electron chi connectivity index (χ3n) is 1.93. The Kier molecular flexibility index (Phi) is 3.85. The molecule has 1 rings (SSSR count). The zero-order valence-corrected chi connectivity index (χ0v) is 8.81. The number of urea groups is 1. The Morgan fingerprint density at radius 3 is 2.40 bits per heavy atom. The Balaban J connectivity index is 2.66. The van der Waals surface area contributed by atoms with Crippen LogP contribution in [0.4, 0.5) is 10.5 Å². The molecular weight excluding hydrogens is 192 g/mol. The zero-order chi connectivity index (χ0) is 11.3. The highest BCUT2D eigenvalue weighted by Crippen LogP contribution is 2.07. The van der Waals surface area contributed by atoms with Crippen LogP contribution in [0, 0.1) is 0 Å². The molecule has 4 nitrogen and oxygen atoms in total. The van der Waals surface area contributed by atoms with Gasteiger partial charge in [0.1, 0.15) is 0 Å². The Hall–Kier alpha value is -1.84. The van der Waals surface area contributed by atoms with Crippen LogP contribution in [0.1, 0.15) is 13.8 Å². The van der Waals surface area contributed by atoms with E-state index in [1.54, 1.807) is 26.0 Å². The van der Waals surface area contributed by atoms with Crippen LogP contribution >= 0.6 is 0 Å². The summed E-state index contributed by atoms with van der Waals surface area (Å²) in [5.74, 6) is 0. The van der Waals surface area contributed by atoms with E-state index in [9.17, 15) is 9.59 Å². The van der Waals surface area contributed by atoms with E-state index in [0.717, 1.165) is 4.90 Å². The van der Waals surface area contributed by atoms with E-state index in [-0.39, 0.29) is 6.04 Å². The second-order valence-electron chi connectivity index (χ2n) is 3.40. The molecule has 1 N–H and O–H groups in total. The standard InChI is InChI=1S/C11H14N2O2/c1-9(2)13(8-14)11(15)12-10-6-4-3-5-7-10/h3-9H,1-2H3,(H,12,15). The summed E-state index contributed by atoms with van der Waals surface area (Å²) in [4.78, 5) is 23.3. The number of rotatable bonds is 3. The van der Waals surface area contributed by atoms with Crippen molar-refractivity contribution in [1.29, 1.82) is 0 Å². The monoisotopic (exact) mass is 206 g/mol. The van der Waals surface area contributed by atoms with E-state index in [0.29, 0.717) is 12.1 Å². The first-order valence-corrected chi connectivity index (χ1v) is 4.75. The predicted octanol–water partition coefficient (Wildman–Crippen LogP) is 2.09. The molecule has 1 aromatic carbocycles. The average molecular weight is 206 g/mol. The topological polar surface area (TPSA) is 49.4 Å². The summed E-state index contributed by atoms with van der Waals surface area (Å²) < 4.78 is 0. The van der Waals surface area contributed by atoms with Crippen LogP contribution in [0.2, 0.25) is 0 Å². The number of nitrogens with one attached hydrogen (secondary N) is 1. The minimum atomic E-state index is -0.411. The molecule has 0 aliphatic heterocycles. The number of hydrogen-bond acceptors (Lipinski definition) is 2. The molecule has 0 unspecified atom stereocenters. The lowest BCUT2D eigenvalue weighted by molar-refractivity contribution is -0.116. The van der Waals surface area contributed by atoms with Crippen molar-refractivity contribution < 1.29 is 9.59 Å². The summed E-state index contributed by atoms with van der Waals surface area (Å²) in [7, 11) is 0. The number of benzene rings is 1. The third-order valence-corrected chi connectivity index (χ3v) is 1.93. The van der Waals surface area contributed by atoms with Gasteiger partial charge in [0.25, 0.3) is 0 Å². The van der Waals surface area contributed by atoms with Crippen LogP contribution < -0.4 is 5.32 Å². The van der Waals surface area contributed by atoms with Gasteiger partial charge < -0.3 is 5.32 Å². The van der Waals surface area contributed by atoms with Gasteiger partial charge in [0.15, 0.2) is 0 Å². The molecule has 0 aromatic heterocycles. The summed E-state index contributed by atoms with van der Waals surface area (Å²) in [6.45, 7) is 3.55. The number of anilines is 1. The molecule has 4 heteroatoms. The fourth-order valence-corrected chi connectivity index (χ4v) is 1.11. The summed E-state index contributed by atoms with van der Waals surface area (Å²) in [5, 5.41) is 2.63. The highest BCUT2D eigenvalue weighted by Gasteiger charge is 2.15. The number of nitrogens with zero attached hydrogens (tertiary/aromatic N) is 1. The van der Waals surface area contributed by atoms with E-state index in [4.69, 9.17) is 0 Å². The van der Waals surface area contributed by atoms with Crippen LogP contribution in [0.5, 0.6) is 0 Å². The normalized spacial score (nSPS) is 9.80. The van der Waals surface area contributed by atoms with E-state index >= 15 is 0 Å². The quantitative estimate of drug-likeness (QED) is 0.770. The van der Waals surface area contributed by atoms with Gasteiger partial charge in [0.2, 0.25) is 6.41 Å². The van der Waals surface area contributed by atoms with Crippen molar-refractivity contribution in [3.8, 4) is 0 Å². The number of imide groups is 1. The summed E-state index contributed by atoms with van der Waals surface area (Å²) in [5.41, 5.74) is 0.676. The van der Waals surface area contributed by atoms with Crippen molar-refractivity contribution >= 4 is 18.1 Å². The van der Waals surface area contributed by atoms with Gasteiger partial charge in [0.05, 0.1) is 0 Å². The maximum absolute atomic E-state index is 11.6. The minimum Gasteiger partial charge on any atom is -0.307 e. The third kappa shape index (κ3) is 3.09. The van der Waals surface area contributed by atoms with E-state index in [2.05, 4.69) is 5.32 Å². The second-order valence-corrected chi connectivity index (χ2v) is 3.40. The van der Waals surface area contributed by atoms with Gasteiger partial charge in [-0.2, -0.15) is 0 Å². The average Bonchev–Trinajstić information content (AvgIpc) is 2.19. The van der Waals surface area contributed by atoms with Gasteiger partial charge in [0, 0.05) is 11.7 Å². The number of carbonyl (C=O) groups excluding carboxylic acids is 2. The second kappa shape index (κ2) is 5.14. The van der Waals surface area contributed by atoms with Crippen LogP contribution in [0.15, 0.2) is 30.3 Å². The van der Waals surface area contributed by atoms with Crippen molar-refractivity contribution in [2.75, 3.05) is 5.32 Å². The molecular formula is C11H14N2O2. The van der Waals surface area contributed by atoms with E-state index in [1.165, 1.54) is 0 Å². The fraction of sp³-hybridized carbons (Fsp3) is 0.273. The molecule has 0 radical (unpaired) electrons. The molecule has 15 heavy (non-hydrogen) atoms. The molecule has 0 heterocycles. The minimum absolute atomic E-state index is 0.147. The van der Waals surface area contributed by atoms with Crippen LogP contribution in [0.25, 0.3) is 0 Å². The highest BCUT2D eigenvalue weighted by atomic mass is 16.2. The van der Waals surface area contributed by atoms with Crippen LogP contribution in [-0.4, -0.2) is 23.4 Å². The van der Waals surface area contributed by atoms with Gasteiger partial charge in [-0.05, 0) is 26.0 Å². The largest absolute Gasteiger partial charge is 0.328 e. The molecule has 0 saturated heterocycles. The fourth-order valence-electron chi connectivity index (χ4n) is 1.11. The van der Waals surface area contributed by atoms with Crippen molar-refractivity contribution in [2.45, 2.75) is 19.9 Å². The Morgan fingerprint density at radius 2 is 1.93 bits per heavy atom. The van der Waals surface area contributed by atoms with Crippen LogP contribution in [0.3, 0.4) is 0 Å². The number of amides is 3. The lowest BCUT2D eigenvalue weighted by Crippen LogP contribution is -2.38. The maximum Gasteiger partial charge on any atom is 0.328 e. The first kappa shape index (κ1) is 11.2. The van der Waals surface area contributed by atoms with Gasteiger partial charge >= 0.3 is 6.03 Å². The molecule has 1 aromatic rings. The highest BCUT2D eigenvalue weighted by molar-refractivity contribution is 5.95. The number of carbonyl (C=O) groups is 2. The molecule has 0 aliphatic carbocycles. The molecule has 3 amide bonds. The van der Waals surface area contributed by atoms with E-state index in [1.807, 2.05) is 18.2 Å². The molecule has 0 fully saturated rings. The summed E-state index contributed by atoms with van der Waals surface area (Å²) in [6, 6.07) is 8.46. The predicted molar refractivity (Wildman–Crippen MR) is 58.5 cm³/mol. The van der Waals surface area contributed by atoms with Crippen molar-refractivity contribution in [3.05, 3.63) is 30.3 Å². The molecule has 0 atom stereocenters. The SMILES string of the molecule is CC(C)N(C=O)C(=O)Nc1ccccc1. The summed E-state index contributed by atoms with van der Waals surface area (Å²) >= 11 is 0. The molecule has 0 aliphatic rings. The molecule has 0 saturated carbocycles. The van der Waals surface area contributed by atoms with E-state index < -0.39 is 6.03 Å². The first-order chi connectivity index (χ1) is 7.15. The number of para-hydroxylation sites is 1. The summed E-state index contributed by atoms with van der Waals surface area (Å²) in [6.07, 6.45) is 0.531. The number of hydrogen-bond donors (Lipinski definition) is 1. The smallest absolute Gasteiger partial charge is 0.307 e.